The molecule has 0 aliphatic heterocycles. The van der Waals surface area contributed by atoms with Crippen molar-refractivity contribution < 1.29 is 4.79 Å². The molecule has 1 amide bonds. The Hall–Kier alpha value is -1.37. The number of carbonyl (C=O) groups excluding carboxylic acids is 1. The van der Waals surface area contributed by atoms with Gasteiger partial charge in [0.1, 0.15) is 5.82 Å². The minimum absolute atomic E-state index is 0.145. The molecule has 3 N–H and O–H groups in total. The van der Waals surface area contributed by atoms with Gasteiger partial charge in [0.25, 0.3) is 0 Å². The van der Waals surface area contributed by atoms with Crippen LogP contribution in [0, 0.1) is 0 Å². The van der Waals surface area contributed by atoms with E-state index in [-0.39, 0.29) is 5.91 Å². The standard InChI is InChI=1S/C14H22BrN5O/c1-2-7-17-14-18-9-11(15)13(20-14)16-8-3-4-12(21)19-10-5-6-10/h9-10H,2-8H2,1H3,(H,19,21)(H2,16,17,18,20). The summed E-state index contributed by atoms with van der Waals surface area (Å²) in [6.45, 7) is 3.65. The van der Waals surface area contributed by atoms with Crippen molar-refractivity contribution in [1.29, 1.82) is 0 Å². The second kappa shape index (κ2) is 8.17. The van der Waals surface area contributed by atoms with E-state index in [0.717, 1.165) is 42.5 Å². The zero-order valence-corrected chi connectivity index (χ0v) is 13.9. The monoisotopic (exact) mass is 355 g/mol. The van der Waals surface area contributed by atoms with Crippen LogP contribution in [0.3, 0.4) is 0 Å². The van der Waals surface area contributed by atoms with Crippen molar-refractivity contribution in [1.82, 2.24) is 15.3 Å². The summed E-state index contributed by atoms with van der Waals surface area (Å²) >= 11 is 3.43. The van der Waals surface area contributed by atoms with Crippen LogP contribution < -0.4 is 16.0 Å². The highest BCUT2D eigenvalue weighted by atomic mass is 79.9. The van der Waals surface area contributed by atoms with Crippen LogP contribution in [0.5, 0.6) is 0 Å². The molecule has 21 heavy (non-hydrogen) atoms. The number of rotatable bonds is 9. The smallest absolute Gasteiger partial charge is 0.224 e. The SMILES string of the molecule is CCCNc1ncc(Br)c(NCCCC(=O)NC2CC2)n1. The van der Waals surface area contributed by atoms with Crippen LogP contribution in [0.15, 0.2) is 10.7 Å². The minimum atomic E-state index is 0.145. The van der Waals surface area contributed by atoms with Crippen LogP contribution in [0.2, 0.25) is 0 Å². The second-order valence-corrected chi connectivity index (χ2v) is 6.04. The molecule has 2 rings (SSSR count). The van der Waals surface area contributed by atoms with E-state index in [2.05, 4.69) is 48.8 Å². The van der Waals surface area contributed by atoms with Gasteiger partial charge in [0.15, 0.2) is 0 Å². The van der Waals surface area contributed by atoms with Crippen molar-refractivity contribution >= 4 is 33.6 Å². The number of hydrogen-bond donors (Lipinski definition) is 3. The Kier molecular flexibility index (Phi) is 6.22. The van der Waals surface area contributed by atoms with Gasteiger partial charge in [-0.2, -0.15) is 4.98 Å². The zero-order valence-electron chi connectivity index (χ0n) is 12.3. The lowest BCUT2D eigenvalue weighted by Gasteiger charge is -2.10. The number of carbonyl (C=O) groups is 1. The van der Waals surface area contributed by atoms with Gasteiger partial charge < -0.3 is 16.0 Å². The first kappa shape index (κ1) is 16.0. The lowest BCUT2D eigenvalue weighted by Crippen LogP contribution is -2.25. The lowest BCUT2D eigenvalue weighted by molar-refractivity contribution is -0.121. The molecule has 1 aliphatic rings. The first-order chi connectivity index (χ1) is 10.2. The summed E-state index contributed by atoms with van der Waals surface area (Å²) in [5.41, 5.74) is 0. The van der Waals surface area contributed by atoms with E-state index in [0.29, 0.717) is 25.0 Å². The van der Waals surface area contributed by atoms with Crippen LogP contribution in [0.1, 0.15) is 39.0 Å². The van der Waals surface area contributed by atoms with E-state index in [4.69, 9.17) is 0 Å². The second-order valence-electron chi connectivity index (χ2n) is 5.19. The Morgan fingerprint density at radius 1 is 1.38 bits per heavy atom. The van der Waals surface area contributed by atoms with E-state index < -0.39 is 0 Å². The van der Waals surface area contributed by atoms with Crippen LogP contribution >= 0.6 is 15.9 Å². The van der Waals surface area contributed by atoms with E-state index in [1.165, 1.54) is 0 Å². The van der Waals surface area contributed by atoms with Gasteiger partial charge in [-0.15, -0.1) is 0 Å². The first-order valence-corrected chi connectivity index (χ1v) is 8.28. The predicted octanol–water partition coefficient (Wildman–Crippen LogP) is 2.53. The fourth-order valence-corrected chi connectivity index (χ4v) is 2.13. The average Bonchev–Trinajstić information content (AvgIpc) is 3.27. The summed E-state index contributed by atoms with van der Waals surface area (Å²) in [5.74, 6) is 1.52. The van der Waals surface area contributed by atoms with Crippen molar-refractivity contribution in [2.45, 2.75) is 45.1 Å². The van der Waals surface area contributed by atoms with Gasteiger partial charge in [0, 0.05) is 31.7 Å². The van der Waals surface area contributed by atoms with Gasteiger partial charge in [-0.3, -0.25) is 4.79 Å². The number of aromatic nitrogens is 2. The number of nitrogens with zero attached hydrogens (tertiary/aromatic N) is 2. The van der Waals surface area contributed by atoms with Gasteiger partial charge >= 0.3 is 0 Å². The van der Waals surface area contributed by atoms with E-state index in [1.54, 1.807) is 6.20 Å². The number of hydrogen-bond acceptors (Lipinski definition) is 5. The Labute approximate surface area is 133 Å². The normalized spacial score (nSPS) is 13.8. The molecule has 0 atom stereocenters. The van der Waals surface area contributed by atoms with Crippen molar-refractivity contribution in [3.8, 4) is 0 Å². The van der Waals surface area contributed by atoms with Gasteiger partial charge in [-0.25, -0.2) is 4.98 Å². The summed E-state index contributed by atoms with van der Waals surface area (Å²) in [6, 6.07) is 0.439. The molecule has 1 fully saturated rings. The molecule has 7 heteroatoms. The third-order valence-electron chi connectivity index (χ3n) is 3.09. The Morgan fingerprint density at radius 3 is 2.90 bits per heavy atom. The summed E-state index contributed by atoms with van der Waals surface area (Å²) in [6.07, 6.45) is 6.35. The Bertz CT molecular complexity index is 478. The molecule has 6 nitrogen and oxygen atoms in total. The highest BCUT2D eigenvalue weighted by Gasteiger charge is 2.22. The van der Waals surface area contributed by atoms with Crippen molar-refractivity contribution in [2.75, 3.05) is 23.7 Å². The van der Waals surface area contributed by atoms with Gasteiger partial charge in [-0.05, 0) is 41.6 Å². The van der Waals surface area contributed by atoms with Gasteiger partial charge in [-0.1, -0.05) is 6.92 Å². The van der Waals surface area contributed by atoms with Gasteiger partial charge in [0.05, 0.1) is 4.47 Å². The summed E-state index contributed by atoms with van der Waals surface area (Å²) in [4.78, 5) is 20.2. The number of nitrogens with one attached hydrogen (secondary N) is 3. The highest BCUT2D eigenvalue weighted by Crippen LogP contribution is 2.20. The number of halogens is 1. The summed E-state index contributed by atoms with van der Waals surface area (Å²) < 4.78 is 0.826. The Morgan fingerprint density at radius 2 is 2.19 bits per heavy atom. The fourth-order valence-electron chi connectivity index (χ4n) is 1.80. The highest BCUT2D eigenvalue weighted by molar-refractivity contribution is 9.10. The Balaban J connectivity index is 1.72. The van der Waals surface area contributed by atoms with Crippen LogP contribution in [-0.4, -0.2) is 35.0 Å². The number of amides is 1. The van der Waals surface area contributed by atoms with Crippen LogP contribution in [0.4, 0.5) is 11.8 Å². The van der Waals surface area contributed by atoms with Crippen LogP contribution in [-0.2, 0) is 4.79 Å². The molecule has 0 bridgehead atoms. The fraction of sp³-hybridized carbons (Fsp3) is 0.643. The molecule has 1 aromatic rings. The number of anilines is 2. The molecule has 0 unspecified atom stereocenters. The topological polar surface area (TPSA) is 78.9 Å². The molecule has 0 aromatic carbocycles. The lowest BCUT2D eigenvalue weighted by atomic mass is 10.3. The molecule has 116 valence electrons. The minimum Gasteiger partial charge on any atom is -0.369 e. The third kappa shape index (κ3) is 5.87. The molecular weight excluding hydrogens is 334 g/mol. The molecule has 1 saturated carbocycles. The van der Waals surface area contributed by atoms with Gasteiger partial charge in [0.2, 0.25) is 11.9 Å². The summed E-state index contributed by atoms with van der Waals surface area (Å²) in [5, 5.41) is 9.37. The van der Waals surface area contributed by atoms with Crippen molar-refractivity contribution in [3.05, 3.63) is 10.7 Å². The van der Waals surface area contributed by atoms with E-state index in [1.807, 2.05) is 0 Å². The maximum atomic E-state index is 11.6. The summed E-state index contributed by atoms with van der Waals surface area (Å²) in [7, 11) is 0. The van der Waals surface area contributed by atoms with E-state index >= 15 is 0 Å². The molecule has 1 aromatic heterocycles. The third-order valence-corrected chi connectivity index (χ3v) is 3.67. The van der Waals surface area contributed by atoms with Crippen molar-refractivity contribution in [2.24, 2.45) is 0 Å². The maximum absolute atomic E-state index is 11.6. The predicted molar refractivity (Wildman–Crippen MR) is 87.4 cm³/mol. The maximum Gasteiger partial charge on any atom is 0.224 e. The van der Waals surface area contributed by atoms with E-state index in [9.17, 15) is 4.79 Å². The molecule has 1 heterocycles. The van der Waals surface area contributed by atoms with Crippen LogP contribution in [0.25, 0.3) is 0 Å². The molecule has 0 saturated heterocycles. The first-order valence-electron chi connectivity index (χ1n) is 7.48. The molecule has 0 radical (unpaired) electrons. The quantitative estimate of drug-likeness (QED) is 0.593. The molecular formula is C14H22BrN5O. The largest absolute Gasteiger partial charge is 0.369 e. The molecule has 1 aliphatic carbocycles. The zero-order chi connectivity index (χ0) is 15.1. The van der Waals surface area contributed by atoms with Crippen molar-refractivity contribution in [3.63, 3.8) is 0 Å². The average molecular weight is 356 g/mol. The molecule has 0 spiro atoms.